The monoisotopic (exact) mass is 344 g/mol. The summed E-state index contributed by atoms with van der Waals surface area (Å²) in [5.41, 5.74) is 1.27. The summed E-state index contributed by atoms with van der Waals surface area (Å²) in [5, 5.41) is 6.44. The highest BCUT2D eigenvalue weighted by Gasteiger charge is 2.24. The number of hydrogen-bond donors (Lipinski definition) is 2. The molecule has 0 bridgehead atoms. The molecule has 1 aromatic carbocycles. The molecule has 5 nitrogen and oxygen atoms in total. The summed E-state index contributed by atoms with van der Waals surface area (Å²) >= 11 is 0. The number of carbonyl (C=O) groups is 1. The van der Waals surface area contributed by atoms with E-state index < -0.39 is 0 Å². The van der Waals surface area contributed by atoms with E-state index in [0.29, 0.717) is 5.92 Å². The molecule has 2 heterocycles. The van der Waals surface area contributed by atoms with Gasteiger partial charge in [0.2, 0.25) is 5.91 Å². The molecule has 1 amide bonds. The highest BCUT2D eigenvalue weighted by molar-refractivity contribution is 5.81. The first-order chi connectivity index (χ1) is 12.2. The highest BCUT2D eigenvalue weighted by Crippen LogP contribution is 2.17. The standard InChI is InChI=1S/C20H32N4O/c1-23(18-8-3-2-4-9-18)13-14-24-12-6-7-17(16-24)15-22-20(25)19-10-5-11-21-19/h2-4,8-9,17,19,21H,5-7,10-16H2,1H3,(H,22,25). The Morgan fingerprint density at radius 1 is 1.28 bits per heavy atom. The zero-order valence-electron chi connectivity index (χ0n) is 15.4. The van der Waals surface area contributed by atoms with Gasteiger partial charge in [-0.3, -0.25) is 4.79 Å². The third-order valence-corrected chi connectivity index (χ3v) is 5.49. The molecule has 0 spiro atoms. The number of amides is 1. The molecule has 0 radical (unpaired) electrons. The van der Waals surface area contributed by atoms with E-state index in [1.165, 1.54) is 25.1 Å². The largest absolute Gasteiger partial charge is 0.373 e. The van der Waals surface area contributed by atoms with Crippen LogP contribution in [0.2, 0.25) is 0 Å². The lowest BCUT2D eigenvalue weighted by Gasteiger charge is -2.34. The second-order valence-corrected chi connectivity index (χ2v) is 7.46. The number of benzene rings is 1. The molecule has 2 aliphatic heterocycles. The van der Waals surface area contributed by atoms with Crippen molar-refractivity contribution in [2.24, 2.45) is 5.92 Å². The number of nitrogens with zero attached hydrogens (tertiary/aromatic N) is 2. The summed E-state index contributed by atoms with van der Waals surface area (Å²) in [4.78, 5) is 17.0. The van der Waals surface area contributed by atoms with Gasteiger partial charge in [-0.1, -0.05) is 18.2 Å². The third-order valence-electron chi connectivity index (χ3n) is 5.49. The van der Waals surface area contributed by atoms with Crippen LogP contribution in [0.25, 0.3) is 0 Å². The Hall–Kier alpha value is -1.59. The quantitative estimate of drug-likeness (QED) is 0.790. The molecule has 1 aromatic rings. The van der Waals surface area contributed by atoms with E-state index in [9.17, 15) is 4.79 Å². The van der Waals surface area contributed by atoms with Gasteiger partial charge in [0.15, 0.2) is 0 Å². The third kappa shape index (κ3) is 5.44. The SMILES string of the molecule is CN(CCN1CCCC(CNC(=O)C2CCCN2)C1)c1ccccc1. The van der Waals surface area contributed by atoms with Crippen LogP contribution in [0.1, 0.15) is 25.7 Å². The van der Waals surface area contributed by atoms with Crippen LogP contribution in [-0.2, 0) is 4.79 Å². The van der Waals surface area contributed by atoms with Crippen molar-refractivity contribution in [1.29, 1.82) is 0 Å². The summed E-state index contributed by atoms with van der Waals surface area (Å²) in [6.45, 7) is 6.19. The number of rotatable bonds is 7. The Bertz CT molecular complexity index is 530. The van der Waals surface area contributed by atoms with Crippen LogP contribution < -0.4 is 15.5 Å². The number of carbonyl (C=O) groups excluding carboxylic acids is 1. The van der Waals surface area contributed by atoms with E-state index in [1.807, 2.05) is 0 Å². The van der Waals surface area contributed by atoms with Gasteiger partial charge < -0.3 is 20.4 Å². The fourth-order valence-electron chi connectivity index (χ4n) is 3.90. The van der Waals surface area contributed by atoms with Crippen LogP contribution in [0.4, 0.5) is 5.69 Å². The number of hydrogen-bond acceptors (Lipinski definition) is 4. The van der Waals surface area contributed by atoms with E-state index in [-0.39, 0.29) is 11.9 Å². The van der Waals surface area contributed by atoms with Crippen molar-refractivity contribution in [2.75, 3.05) is 51.2 Å². The predicted molar refractivity (Wildman–Crippen MR) is 103 cm³/mol. The number of likely N-dealkylation sites (N-methyl/N-ethyl adjacent to an activating group) is 1. The Morgan fingerprint density at radius 2 is 2.12 bits per heavy atom. The average molecular weight is 345 g/mol. The van der Waals surface area contributed by atoms with Gasteiger partial charge >= 0.3 is 0 Å². The van der Waals surface area contributed by atoms with Crippen LogP contribution in [0.5, 0.6) is 0 Å². The number of nitrogens with one attached hydrogen (secondary N) is 2. The van der Waals surface area contributed by atoms with E-state index in [2.05, 4.69) is 57.8 Å². The zero-order valence-corrected chi connectivity index (χ0v) is 15.4. The molecule has 3 rings (SSSR count). The van der Waals surface area contributed by atoms with E-state index >= 15 is 0 Å². The Balaban J connectivity index is 1.38. The topological polar surface area (TPSA) is 47.6 Å². The summed E-state index contributed by atoms with van der Waals surface area (Å²) in [6.07, 6.45) is 4.55. The Kier molecular flexibility index (Phi) is 6.70. The number of piperidine rings is 1. The molecule has 0 saturated carbocycles. The molecule has 0 aromatic heterocycles. The van der Waals surface area contributed by atoms with Gasteiger partial charge in [-0.15, -0.1) is 0 Å². The summed E-state index contributed by atoms with van der Waals surface area (Å²) in [6, 6.07) is 10.6. The second-order valence-electron chi connectivity index (χ2n) is 7.46. The van der Waals surface area contributed by atoms with E-state index in [1.54, 1.807) is 0 Å². The minimum atomic E-state index is 0.0409. The molecule has 2 saturated heterocycles. The van der Waals surface area contributed by atoms with E-state index in [0.717, 1.165) is 45.6 Å². The second kappa shape index (κ2) is 9.20. The maximum absolute atomic E-state index is 12.1. The number of para-hydroxylation sites is 1. The number of anilines is 1. The lowest BCUT2D eigenvalue weighted by Crippen LogP contribution is -2.46. The lowest BCUT2D eigenvalue weighted by atomic mass is 9.98. The van der Waals surface area contributed by atoms with Gasteiger partial charge in [0.25, 0.3) is 0 Å². The fraction of sp³-hybridized carbons (Fsp3) is 0.650. The van der Waals surface area contributed by atoms with Gasteiger partial charge in [0.05, 0.1) is 6.04 Å². The van der Waals surface area contributed by atoms with Gasteiger partial charge in [-0.25, -0.2) is 0 Å². The highest BCUT2D eigenvalue weighted by atomic mass is 16.2. The lowest BCUT2D eigenvalue weighted by molar-refractivity contribution is -0.123. The van der Waals surface area contributed by atoms with Crippen LogP contribution in [0.15, 0.2) is 30.3 Å². The number of likely N-dealkylation sites (tertiary alicyclic amines) is 1. The van der Waals surface area contributed by atoms with Crippen molar-refractivity contribution in [3.8, 4) is 0 Å². The van der Waals surface area contributed by atoms with Gasteiger partial charge in [0, 0.05) is 38.9 Å². The smallest absolute Gasteiger partial charge is 0.237 e. The molecule has 2 atom stereocenters. The average Bonchev–Trinajstić information content (AvgIpc) is 3.20. The molecular weight excluding hydrogens is 312 g/mol. The van der Waals surface area contributed by atoms with Gasteiger partial charge in [0.1, 0.15) is 0 Å². The first-order valence-electron chi connectivity index (χ1n) is 9.72. The Labute approximate surface area is 151 Å². The van der Waals surface area contributed by atoms with Crippen LogP contribution in [0, 0.1) is 5.92 Å². The van der Waals surface area contributed by atoms with E-state index in [4.69, 9.17) is 0 Å². The molecule has 2 fully saturated rings. The van der Waals surface area contributed by atoms with Crippen LogP contribution in [-0.4, -0.2) is 63.2 Å². The summed E-state index contributed by atoms with van der Waals surface area (Å²) in [5.74, 6) is 0.777. The maximum atomic E-state index is 12.1. The van der Waals surface area contributed by atoms with Crippen molar-refractivity contribution in [2.45, 2.75) is 31.7 Å². The molecule has 2 unspecified atom stereocenters. The minimum Gasteiger partial charge on any atom is -0.373 e. The van der Waals surface area contributed by atoms with Crippen molar-refractivity contribution < 1.29 is 4.79 Å². The predicted octanol–water partition coefficient (Wildman–Crippen LogP) is 1.70. The van der Waals surface area contributed by atoms with Crippen molar-refractivity contribution in [1.82, 2.24) is 15.5 Å². The molecule has 138 valence electrons. The fourth-order valence-corrected chi connectivity index (χ4v) is 3.90. The van der Waals surface area contributed by atoms with Crippen molar-refractivity contribution in [3.63, 3.8) is 0 Å². The molecule has 5 heteroatoms. The molecule has 0 aliphatic carbocycles. The Morgan fingerprint density at radius 3 is 2.88 bits per heavy atom. The molecule has 2 N–H and O–H groups in total. The van der Waals surface area contributed by atoms with Crippen LogP contribution >= 0.6 is 0 Å². The molecular formula is C20H32N4O. The summed E-state index contributed by atoms with van der Waals surface area (Å²) < 4.78 is 0. The molecule has 25 heavy (non-hydrogen) atoms. The molecule has 2 aliphatic rings. The maximum Gasteiger partial charge on any atom is 0.237 e. The normalized spacial score (nSPS) is 24.2. The van der Waals surface area contributed by atoms with Crippen LogP contribution in [0.3, 0.4) is 0 Å². The first-order valence-corrected chi connectivity index (χ1v) is 9.72. The first kappa shape index (κ1) is 18.2. The van der Waals surface area contributed by atoms with Crippen molar-refractivity contribution >= 4 is 11.6 Å². The van der Waals surface area contributed by atoms with Gasteiger partial charge in [-0.2, -0.15) is 0 Å². The summed E-state index contributed by atoms with van der Waals surface area (Å²) in [7, 11) is 2.16. The minimum absolute atomic E-state index is 0.0409. The van der Waals surface area contributed by atoms with Gasteiger partial charge in [-0.05, 0) is 56.8 Å². The zero-order chi connectivity index (χ0) is 17.5. The van der Waals surface area contributed by atoms with Crippen molar-refractivity contribution in [3.05, 3.63) is 30.3 Å².